The molecule has 1 aliphatic rings. The Hall–Kier alpha value is -0.950. The fourth-order valence-electron chi connectivity index (χ4n) is 2.21. The Morgan fingerprint density at radius 2 is 2.00 bits per heavy atom. The largest absolute Gasteiger partial charge is 0.354 e. The molecule has 1 heterocycles. The van der Waals surface area contributed by atoms with Crippen LogP contribution in [0, 0.1) is 0 Å². The van der Waals surface area contributed by atoms with Crippen LogP contribution in [0.1, 0.15) is 16.8 Å². The number of nitrogens with one attached hydrogen (secondary N) is 2. The van der Waals surface area contributed by atoms with Crippen molar-refractivity contribution in [1.29, 1.82) is 0 Å². The molecule has 2 rings (SSSR count). The Bertz CT molecular complexity index is 528. The quantitative estimate of drug-likeness (QED) is 0.744. The summed E-state index contributed by atoms with van der Waals surface area (Å²) in [5.74, 6) is 0.966. The van der Waals surface area contributed by atoms with Gasteiger partial charge in [0.1, 0.15) is 6.04 Å². The number of carbonyl (C=O) groups is 2. The molecule has 1 atom stereocenters. The summed E-state index contributed by atoms with van der Waals surface area (Å²) in [4.78, 5) is 26.4. The predicted molar refractivity (Wildman–Crippen MR) is 97.5 cm³/mol. The molecule has 0 saturated carbocycles. The highest BCUT2D eigenvalue weighted by molar-refractivity contribution is 7.99. The first-order chi connectivity index (χ1) is 10.6. The monoisotopic (exact) mass is 377 g/mol. The van der Waals surface area contributed by atoms with E-state index in [2.05, 4.69) is 10.6 Å². The van der Waals surface area contributed by atoms with E-state index in [0.29, 0.717) is 28.8 Å². The van der Waals surface area contributed by atoms with E-state index >= 15 is 0 Å². The average Bonchev–Trinajstić information content (AvgIpc) is 3.01. The van der Waals surface area contributed by atoms with Crippen LogP contribution in [0.15, 0.2) is 24.3 Å². The van der Waals surface area contributed by atoms with E-state index in [1.54, 1.807) is 40.9 Å². The van der Waals surface area contributed by atoms with Gasteiger partial charge in [0.05, 0.1) is 5.88 Å². The van der Waals surface area contributed by atoms with Crippen LogP contribution in [0.2, 0.25) is 5.02 Å². The maximum atomic E-state index is 12.5. The van der Waals surface area contributed by atoms with Crippen LogP contribution in [0.3, 0.4) is 0 Å². The molecular weight excluding hydrogens is 357 g/mol. The number of nitrogens with zero attached hydrogens (tertiary/aromatic N) is 1. The predicted octanol–water partition coefficient (Wildman–Crippen LogP) is 2.00. The lowest BCUT2D eigenvalue weighted by atomic mass is 10.1. The summed E-state index contributed by atoms with van der Waals surface area (Å²) in [5.41, 5.74) is 0.555. The van der Waals surface area contributed by atoms with E-state index in [1.807, 2.05) is 7.05 Å². The maximum Gasteiger partial charge on any atom is 0.255 e. The zero-order chi connectivity index (χ0) is 15.9. The number of thioether (sulfide) groups is 1. The topological polar surface area (TPSA) is 61.4 Å². The van der Waals surface area contributed by atoms with Crippen molar-refractivity contribution in [1.82, 2.24) is 15.5 Å². The number of amides is 2. The summed E-state index contributed by atoms with van der Waals surface area (Å²) < 4.78 is 0. The lowest BCUT2D eigenvalue weighted by Gasteiger charge is -2.23. The van der Waals surface area contributed by atoms with Crippen molar-refractivity contribution < 1.29 is 9.59 Å². The highest BCUT2D eigenvalue weighted by Gasteiger charge is 2.34. The molecule has 0 spiro atoms. The molecule has 5 nitrogen and oxygen atoms in total. The minimum atomic E-state index is -0.400. The Morgan fingerprint density at radius 3 is 2.65 bits per heavy atom. The van der Waals surface area contributed by atoms with Gasteiger partial charge in [-0.25, -0.2) is 0 Å². The molecule has 1 fully saturated rings. The van der Waals surface area contributed by atoms with E-state index in [9.17, 15) is 9.59 Å². The SMILES string of the molecule is CNCCCNC(=O)C1CSCN1C(=O)c1ccc(Cl)cc1.Cl. The zero-order valence-corrected chi connectivity index (χ0v) is 15.3. The van der Waals surface area contributed by atoms with Crippen molar-refractivity contribution in [3.63, 3.8) is 0 Å². The van der Waals surface area contributed by atoms with Gasteiger partial charge in [0.15, 0.2) is 0 Å². The van der Waals surface area contributed by atoms with E-state index in [4.69, 9.17) is 11.6 Å². The van der Waals surface area contributed by atoms with Gasteiger partial charge < -0.3 is 15.5 Å². The van der Waals surface area contributed by atoms with Gasteiger partial charge in [-0.05, 0) is 44.3 Å². The van der Waals surface area contributed by atoms with Crippen LogP contribution in [-0.2, 0) is 4.79 Å². The summed E-state index contributed by atoms with van der Waals surface area (Å²) in [6, 6.07) is 6.35. The molecule has 0 radical (unpaired) electrons. The minimum Gasteiger partial charge on any atom is -0.354 e. The first-order valence-electron chi connectivity index (χ1n) is 7.20. The van der Waals surface area contributed by atoms with Crippen molar-refractivity contribution in [2.75, 3.05) is 31.8 Å². The van der Waals surface area contributed by atoms with Crippen molar-refractivity contribution >= 4 is 47.6 Å². The van der Waals surface area contributed by atoms with Crippen molar-refractivity contribution in [2.24, 2.45) is 0 Å². The Labute approximate surface area is 151 Å². The van der Waals surface area contributed by atoms with Gasteiger partial charge in [-0.1, -0.05) is 11.6 Å². The first kappa shape index (κ1) is 20.1. The number of carbonyl (C=O) groups excluding carboxylic acids is 2. The minimum absolute atomic E-state index is 0. The molecule has 2 amide bonds. The summed E-state index contributed by atoms with van der Waals surface area (Å²) in [7, 11) is 1.88. The normalized spacial score (nSPS) is 16.8. The lowest BCUT2D eigenvalue weighted by molar-refractivity contribution is -0.124. The molecule has 8 heteroatoms. The summed E-state index contributed by atoms with van der Waals surface area (Å²) in [6.45, 7) is 1.47. The molecule has 0 aliphatic carbocycles. The van der Waals surface area contributed by atoms with E-state index < -0.39 is 6.04 Å². The molecule has 1 unspecified atom stereocenters. The fraction of sp³-hybridized carbons (Fsp3) is 0.467. The molecule has 128 valence electrons. The second-order valence-corrected chi connectivity index (χ2v) is 6.48. The third kappa shape index (κ3) is 5.57. The summed E-state index contributed by atoms with van der Waals surface area (Å²) >= 11 is 7.43. The highest BCUT2D eigenvalue weighted by Crippen LogP contribution is 2.23. The first-order valence-corrected chi connectivity index (χ1v) is 8.73. The van der Waals surface area contributed by atoms with Gasteiger partial charge in [0, 0.05) is 22.9 Å². The van der Waals surface area contributed by atoms with Crippen LogP contribution < -0.4 is 10.6 Å². The molecule has 2 N–H and O–H groups in total. The number of hydrogen-bond acceptors (Lipinski definition) is 4. The molecule has 23 heavy (non-hydrogen) atoms. The van der Waals surface area contributed by atoms with Gasteiger partial charge >= 0.3 is 0 Å². The zero-order valence-electron chi connectivity index (χ0n) is 12.9. The molecule has 0 aromatic heterocycles. The standard InChI is InChI=1S/C15H20ClN3O2S.ClH/c1-17-7-2-8-18-14(20)13-9-22-10-19(13)15(21)11-3-5-12(16)6-4-11;/h3-6,13,17H,2,7-10H2,1H3,(H,18,20);1H. The fourth-order valence-corrected chi connectivity index (χ4v) is 3.49. The second kappa shape index (κ2) is 10.0. The highest BCUT2D eigenvalue weighted by atomic mass is 35.5. The maximum absolute atomic E-state index is 12.5. The Kier molecular flexibility index (Phi) is 8.76. The van der Waals surface area contributed by atoms with E-state index in [0.717, 1.165) is 13.0 Å². The van der Waals surface area contributed by atoms with E-state index in [1.165, 1.54) is 0 Å². The van der Waals surface area contributed by atoms with Gasteiger partial charge in [-0.2, -0.15) is 0 Å². The van der Waals surface area contributed by atoms with Crippen LogP contribution in [0.5, 0.6) is 0 Å². The van der Waals surface area contributed by atoms with Crippen LogP contribution >= 0.6 is 35.8 Å². The van der Waals surface area contributed by atoms with E-state index in [-0.39, 0.29) is 24.2 Å². The lowest BCUT2D eigenvalue weighted by Crippen LogP contribution is -2.47. The molecule has 1 aliphatic heterocycles. The third-order valence-corrected chi connectivity index (χ3v) is 4.70. The van der Waals surface area contributed by atoms with Gasteiger partial charge in [0.2, 0.25) is 5.91 Å². The second-order valence-electron chi connectivity index (χ2n) is 5.05. The van der Waals surface area contributed by atoms with Gasteiger partial charge in [-0.3, -0.25) is 9.59 Å². The third-order valence-electron chi connectivity index (χ3n) is 3.44. The van der Waals surface area contributed by atoms with Crippen molar-refractivity contribution in [2.45, 2.75) is 12.5 Å². The number of halogens is 2. The number of benzene rings is 1. The summed E-state index contributed by atoms with van der Waals surface area (Å²) in [6.07, 6.45) is 0.868. The Morgan fingerprint density at radius 1 is 1.30 bits per heavy atom. The van der Waals surface area contributed by atoms with Crippen LogP contribution in [0.25, 0.3) is 0 Å². The molecule has 1 saturated heterocycles. The number of hydrogen-bond donors (Lipinski definition) is 2. The molecule has 1 aromatic rings. The molecular formula is C15H21Cl2N3O2S. The average molecular weight is 378 g/mol. The van der Waals surface area contributed by atoms with Crippen molar-refractivity contribution in [3.05, 3.63) is 34.9 Å². The van der Waals surface area contributed by atoms with Gasteiger partial charge in [-0.15, -0.1) is 24.2 Å². The van der Waals surface area contributed by atoms with Gasteiger partial charge in [0.25, 0.3) is 5.91 Å². The van der Waals surface area contributed by atoms with Crippen molar-refractivity contribution in [3.8, 4) is 0 Å². The summed E-state index contributed by atoms with van der Waals surface area (Å²) in [5, 5.41) is 6.52. The van der Waals surface area contributed by atoms with Crippen LogP contribution in [-0.4, -0.2) is 54.5 Å². The van der Waals surface area contributed by atoms with Crippen LogP contribution in [0.4, 0.5) is 0 Å². The Balaban J connectivity index is 0.00000264. The molecule has 1 aromatic carbocycles. The molecule has 0 bridgehead atoms. The number of rotatable bonds is 6. The smallest absolute Gasteiger partial charge is 0.255 e.